The van der Waals surface area contributed by atoms with Crippen LogP contribution in [0.2, 0.25) is 0 Å². The largest absolute Gasteiger partial charge is 0.404 e. The molecule has 0 amide bonds. The summed E-state index contributed by atoms with van der Waals surface area (Å²) in [6.45, 7) is 0. The molecule has 0 aromatic heterocycles. The van der Waals surface area contributed by atoms with Crippen molar-refractivity contribution >= 4 is 11.6 Å². The highest BCUT2D eigenvalue weighted by atomic mass is 35.5. The van der Waals surface area contributed by atoms with Crippen molar-refractivity contribution in [2.75, 3.05) is 0 Å². The van der Waals surface area contributed by atoms with Crippen molar-refractivity contribution in [3.63, 3.8) is 0 Å². The Morgan fingerprint density at radius 2 is 2.33 bits per heavy atom. The number of hydrogen-bond acceptors (Lipinski definition) is 1. The van der Waals surface area contributed by atoms with Gasteiger partial charge in [0.05, 0.1) is 0 Å². The molecule has 0 spiro atoms. The molecule has 0 aromatic rings. The van der Waals surface area contributed by atoms with E-state index in [0.717, 1.165) is 17.0 Å². The molecule has 2 N–H and O–H groups in total. The Morgan fingerprint density at radius 3 is 2.78 bits per heavy atom. The maximum absolute atomic E-state index is 5.65. The predicted octanol–water partition coefficient (Wildman–Crippen LogP) is 1.91. The van der Waals surface area contributed by atoms with Gasteiger partial charge in [-0.05, 0) is 24.3 Å². The molecule has 1 rings (SSSR count). The number of allylic oxidation sites excluding steroid dienone is 5. The zero-order valence-corrected chi connectivity index (χ0v) is 5.73. The highest BCUT2D eigenvalue weighted by molar-refractivity contribution is 6.31. The van der Waals surface area contributed by atoms with Crippen LogP contribution in [0.5, 0.6) is 0 Å². The van der Waals surface area contributed by atoms with E-state index in [9.17, 15) is 0 Å². The van der Waals surface area contributed by atoms with E-state index in [4.69, 9.17) is 17.3 Å². The third kappa shape index (κ3) is 1.61. The fourth-order valence-electron chi connectivity index (χ4n) is 0.662. The van der Waals surface area contributed by atoms with Crippen LogP contribution in [0, 0.1) is 0 Å². The van der Waals surface area contributed by atoms with Crippen LogP contribution in [0.15, 0.2) is 35.0 Å². The van der Waals surface area contributed by atoms with Crippen molar-refractivity contribution < 1.29 is 0 Å². The van der Waals surface area contributed by atoms with Crippen molar-refractivity contribution in [2.24, 2.45) is 5.73 Å². The molecule has 0 atom stereocenters. The SMILES string of the molecule is N/C=C1\C=CC(Cl)=CC1. The van der Waals surface area contributed by atoms with Gasteiger partial charge in [-0.1, -0.05) is 23.8 Å². The predicted molar refractivity (Wildman–Crippen MR) is 40.0 cm³/mol. The van der Waals surface area contributed by atoms with Crippen LogP contribution in [-0.2, 0) is 0 Å². The average molecular weight is 142 g/mol. The van der Waals surface area contributed by atoms with Gasteiger partial charge in [0.2, 0.25) is 0 Å². The standard InChI is InChI=1S/C7H8ClN/c8-7-3-1-6(5-9)2-4-7/h1,3-5H,2,9H2/b6-5+. The summed E-state index contributed by atoms with van der Waals surface area (Å²) in [5.74, 6) is 0. The van der Waals surface area contributed by atoms with Crippen LogP contribution in [-0.4, -0.2) is 0 Å². The van der Waals surface area contributed by atoms with E-state index in [1.54, 1.807) is 6.20 Å². The van der Waals surface area contributed by atoms with Gasteiger partial charge in [-0.2, -0.15) is 0 Å². The van der Waals surface area contributed by atoms with E-state index < -0.39 is 0 Å². The molecule has 0 saturated heterocycles. The average Bonchev–Trinajstić information content (AvgIpc) is 1.90. The first-order chi connectivity index (χ1) is 4.33. The first-order valence-electron chi connectivity index (χ1n) is 2.77. The quantitative estimate of drug-likeness (QED) is 0.548. The van der Waals surface area contributed by atoms with Gasteiger partial charge >= 0.3 is 0 Å². The minimum Gasteiger partial charge on any atom is -0.404 e. The van der Waals surface area contributed by atoms with Crippen LogP contribution >= 0.6 is 11.6 Å². The maximum Gasteiger partial charge on any atom is 0.0369 e. The van der Waals surface area contributed by atoms with Crippen LogP contribution in [0.3, 0.4) is 0 Å². The molecule has 2 heteroatoms. The summed E-state index contributed by atoms with van der Waals surface area (Å²) in [5, 5.41) is 0.792. The smallest absolute Gasteiger partial charge is 0.0369 e. The summed E-state index contributed by atoms with van der Waals surface area (Å²) < 4.78 is 0. The fraction of sp³-hybridized carbons (Fsp3) is 0.143. The van der Waals surface area contributed by atoms with E-state index in [0.29, 0.717) is 0 Å². The summed E-state index contributed by atoms with van der Waals surface area (Å²) in [7, 11) is 0. The monoisotopic (exact) mass is 141 g/mol. The molecule has 1 aliphatic rings. The molecule has 0 heterocycles. The van der Waals surface area contributed by atoms with Gasteiger partial charge in [-0.3, -0.25) is 0 Å². The summed E-state index contributed by atoms with van der Waals surface area (Å²) in [4.78, 5) is 0. The van der Waals surface area contributed by atoms with Gasteiger partial charge in [-0.25, -0.2) is 0 Å². The maximum atomic E-state index is 5.65. The summed E-state index contributed by atoms with van der Waals surface area (Å²) in [6, 6.07) is 0. The Hall–Kier alpha value is -0.690. The Kier molecular flexibility index (Phi) is 1.96. The van der Waals surface area contributed by atoms with Gasteiger partial charge in [0.25, 0.3) is 0 Å². The van der Waals surface area contributed by atoms with E-state index in [1.165, 1.54) is 0 Å². The molecule has 0 aliphatic heterocycles. The minimum absolute atomic E-state index is 0.792. The molecule has 0 fully saturated rings. The molecule has 0 bridgehead atoms. The molecular formula is C7H8ClN. The van der Waals surface area contributed by atoms with E-state index in [-0.39, 0.29) is 0 Å². The van der Waals surface area contributed by atoms with Gasteiger partial charge in [0.15, 0.2) is 0 Å². The van der Waals surface area contributed by atoms with Gasteiger partial charge < -0.3 is 5.73 Å². The van der Waals surface area contributed by atoms with Crippen LogP contribution in [0.25, 0.3) is 0 Å². The van der Waals surface area contributed by atoms with Gasteiger partial charge in [0, 0.05) is 5.03 Å². The Bertz CT molecular complexity index is 189. The second kappa shape index (κ2) is 2.74. The van der Waals surface area contributed by atoms with Crippen LogP contribution in [0.1, 0.15) is 6.42 Å². The minimum atomic E-state index is 0.792. The fourth-order valence-corrected chi connectivity index (χ4v) is 0.802. The lowest BCUT2D eigenvalue weighted by atomic mass is 10.1. The van der Waals surface area contributed by atoms with E-state index >= 15 is 0 Å². The molecule has 48 valence electrons. The van der Waals surface area contributed by atoms with E-state index in [1.807, 2.05) is 18.2 Å². The van der Waals surface area contributed by atoms with E-state index in [2.05, 4.69) is 0 Å². The van der Waals surface area contributed by atoms with Gasteiger partial charge in [-0.15, -0.1) is 0 Å². The van der Waals surface area contributed by atoms with Crippen molar-refractivity contribution in [2.45, 2.75) is 6.42 Å². The third-order valence-corrected chi connectivity index (χ3v) is 1.48. The number of rotatable bonds is 0. The van der Waals surface area contributed by atoms with Crippen molar-refractivity contribution in [1.82, 2.24) is 0 Å². The molecule has 0 saturated carbocycles. The second-order valence-corrected chi connectivity index (χ2v) is 2.30. The zero-order chi connectivity index (χ0) is 6.69. The van der Waals surface area contributed by atoms with Crippen LogP contribution < -0.4 is 5.73 Å². The van der Waals surface area contributed by atoms with Crippen LogP contribution in [0.4, 0.5) is 0 Å². The first kappa shape index (κ1) is 6.43. The van der Waals surface area contributed by atoms with Crippen molar-refractivity contribution in [1.29, 1.82) is 0 Å². The number of nitrogens with two attached hydrogens (primary N) is 1. The Morgan fingerprint density at radius 1 is 1.56 bits per heavy atom. The Balaban J connectivity index is 2.70. The Labute approximate surface area is 59.5 Å². The first-order valence-corrected chi connectivity index (χ1v) is 3.15. The van der Waals surface area contributed by atoms with Crippen molar-refractivity contribution in [3.8, 4) is 0 Å². The molecule has 1 nitrogen and oxygen atoms in total. The molecule has 0 radical (unpaired) electrons. The molecule has 0 unspecified atom stereocenters. The molecule has 9 heavy (non-hydrogen) atoms. The molecule has 1 aliphatic carbocycles. The summed E-state index contributed by atoms with van der Waals surface area (Å²) in [6.07, 6.45) is 8.13. The normalized spacial score (nSPS) is 22.3. The third-order valence-electron chi connectivity index (χ3n) is 1.20. The second-order valence-electron chi connectivity index (χ2n) is 1.87. The topological polar surface area (TPSA) is 26.0 Å². The molecule has 0 aromatic carbocycles. The number of hydrogen-bond donors (Lipinski definition) is 1. The highest BCUT2D eigenvalue weighted by Gasteiger charge is 1.95. The zero-order valence-electron chi connectivity index (χ0n) is 4.97. The summed E-state index contributed by atoms with van der Waals surface area (Å²) >= 11 is 5.65. The lowest BCUT2D eigenvalue weighted by molar-refractivity contribution is 1.23. The molecular weight excluding hydrogens is 134 g/mol. The number of halogens is 1. The lowest BCUT2D eigenvalue weighted by Crippen LogP contribution is -1.87. The van der Waals surface area contributed by atoms with Crippen molar-refractivity contribution in [3.05, 3.63) is 35.0 Å². The summed E-state index contributed by atoms with van der Waals surface area (Å²) in [5.41, 5.74) is 6.37. The lowest BCUT2D eigenvalue weighted by Gasteiger charge is -2.01. The highest BCUT2D eigenvalue weighted by Crippen LogP contribution is 2.16. The van der Waals surface area contributed by atoms with Gasteiger partial charge in [0.1, 0.15) is 0 Å².